The van der Waals surface area contributed by atoms with Crippen molar-refractivity contribution in [2.75, 3.05) is 0 Å². The number of alkyl halides is 6. The molecule has 2 aromatic rings. The average molecular weight is 473 g/mol. The standard InChI is InChI=1S/C21H8Cl2F6N2/c22-17-5-10-1-2-11(8-30)16(9-31)19(15(10)7-18(17)23)12-3-13(20(24,25)26)6-14(4-12)21(27,28)29/h1,3-7H,2H2. The Kier molecular flexibility index (Phi) is 5.84. The fraction of sp³-hybridized carbons (Fsp3) is 0.143. The number of benzene rings is 2. The molecule has 1 aliphatic rings. The predicted octanol–water partition coefficient (Wildman–Crippen LogP) is 5.76. The van der Waals surface area contributed by atoms with Crippen LogP contribution in [0.5, 0.6) is 0 Å². The van der Waals surface area contributed by atoms with Gasteiger partial charge in [-0.1, -0.05) is 29.3 Å². The van der Waals surface area contributed by atoms with Crippen LogP contribution in [0.2, 0.25) is 10.0 Å². The van der Waals surface area contributed by atoms with Gasteiger partial charge in [-0.15, -0.1) is 0 Å². The fourth-order valence-corrected chi connectivity index (χ4v) is 3.51. The molecule has 0 bridgehead atoms. The van der Waals surface area contributed by atoms with Gasteiger partial charge in [0.25, 0.3) is 0 Å². The molecule has 3 rings (SSSR count). The van der Waals surface area contributed by atoms with Gasteiger partial charge in [-0.3, -0.25) is 0 Å². The first kappa shape index (κ1) is 22.7. The number of nitrogens with zero attached hydrogens (tertiary/aromatic N) is 2. The van der Waals surface area contributed by atoms with Crippen molar-refractivity contribution in [2.45, 2.75) is 18.8 Å². The summed E-state index contributed by atoms with van der Waals surface area (Å²) >= 11 is 12.0. The van der Waals surface area contributed by atoms with E-state index in [2.05, 4.69) is 0 Å². The van der Waals surface area contributed by atoms with Crippen molar-refractivity contribution in [3.8, 4) is 12.1 Å². The predicted molar refractivity (Wildman–Crippen MR) is 102 cm³/mol. The van der Waals surface area contributed by atoms with Crippen LogP contribution in [0.1, 0.15) is 23.1 Å². The van der Waals surface area contributed by atoms with Crippen molar-refractivity contribution in [1.82, 2.24) is 0 Å². The second-order valence-electron chi connectivity index (χ2n) is 6.51. The van der Waals surface area contributed by atoms with Crippen LogP contribution in [-0.4, -0.2) is 0 Å². The minimum absolute atomic E-state index is 0.0103. The molecule has 2 aromatic carbocycles. The number of hydrogen-bond donors (Lipinski definition) is 0. The molecule has 0 saturated carbocycles. The van der Waals surface area contributed by atoms with Gasteiger partial charge in [-0.25, -0.2) is 0 Å². The van der Waals surface area contributed by atoms with Gasteiger partial charge in [-0.2, -0.15) is 36.9 Å². The third kappa shape index (κ3) is 4.41. The van der Waals surface area contributed by atoms with Gasteiger partial charge in [0.1, 0.15) is 6.07 Å². The lowest BCUT2D eigenvalue weighted by molar-refractivity contribution is -0.143. The lowest BCUT2D eigenvalue weighted by Gasteiger charge is -2.16. The number of rotatable bonds is 1. The topological polar surface area (TPSA) is 47.6 Å². The summed E-state index contributed by atoms with van der Waals surface area (Å²) in [5.74, 6) is 0. The Morgan fingerprint density at radius 3 is 1.81 bits per heavy atom. The van der Waals surface area contributed by atoms with E-state index in [1.165, 1.54) is 18.2 Å². The molecule has 1 aliphatic carbocycles. The Labute approximate surface area is 181 Å². The first-order valence-electron chi connectivity index (χ1n) is 8.40. The number of fused-ring (bicyclic) bond motifs is 1. The molecule has 0 aliphatic heterocycles. The Morgan fingerprint density at radius 2 is 1.32 bits per heavy atom. The first-order chi connectivity index (χ1) is 14.4. The van der Waals surface area contributed by atoms with Gasteiger partial charge >= 0.3 is 12.4 Å². The summed E-state index contributed by atoms with van der Waals surface area (Å²) in [6, 6.07) is 7.16. The largest absolute Gasteiger partial charge is 0.416 e. The highest BCUT2D eigenvalue weighted by molar-refractivity contribution is 6.42. The number of halogens is 8. The number of hydrogen-bond acceptors (Lipinski definition) is 2. The normalized spacial score (nSPS) is 14.3. The Hall–Kier alpha value is -2.94. The summed E-state index contributed by atoms with van der Waals surface area (Å²) in [5, 5.41) is 19.6. The lowest BCUT2D eigenvalue weighted by atomic mass is 9.90. The molecule has 0 spiro atoms. The third-order valence-electron chi connectivity index (χ3n) is 4.56. The summed E-state index contributed by atoms with van der Waals surface area (Å²) in [7, 11) is 0. The van der Waals surface area contributed by atoms with Crippen LogP contribution in [0.25, 0.3) is 11.6 Å². The van der Waals surface area contributed by atoms with Crippen LogP contribution in [0.3, 0.4) is 0 Å². The van der Waals surface area contributed by atoms with Gasteiger partial charge in [0, 0.05) is 12.0 Å². The molecular formula is C21H8Cl2F6N2. The van der Waals surface area contributed by atoms with Gasteiger partial charge in [-0.05, 0) is 46.3 Å². The Balaban J connectivity index is 2.58. The Morgan fingerprint density at radius 1 is 0.774 bits per heavy atom. The quantitative estimate of drug-likeness (QED) is 0.495. The van der Waals surface area contributed by atoms with Crippen LogP contribution < -0.4 is 10.4 Å². The van der Waals surface area contributed by atoms with E-state index in [0.717, 1.165) is 0 Å². The van der Waals surface area contributed by atoms with E-state index in [4.69, 9.17) is 23.2 Å². The smallest absolute Gasteiger partial charge is 0.193 e. The molecule has 0 atom stereocenters. The summed E-state index contributed by atoms with van der Waals surface area (Å²) in [5.41, 5.74) is -4.35. The molecule has 10 heteroatoms. The average Bonchev–Trinajstić information content (AvgIpc) is 2.83. The van der Waals surface area contributed by atoms with Crippen LogP contribution in [0.4, 0.5) is 26.3 Å². The van der Waals surface area contributed by atoms with E-state index in [1.807, 2.05) is 0 Å². The van der Waals surface area contributed by atoms with Crippen molar-refractivity contribution in [3.63, 3.8) is 0 Å². The molecule has 2 nitrogen and oxygen atoms in total. The maximum atomic E-state index is 13.4. The minimum atomic E-state index is -5.08. The molecule has 31 heavy (non-hydrogen) atoms. The highest BCUT2D eigenvalue weighted by Crippen LogP contribution is 2.39. The van der Waals surface area contributed by atoms with E-state index >= 15 is 0 Å². The lowest BCUT2D eigenvalue weighted by Crippen LogP contribution is -2.27. The summed E-state index contributed by atoms with van der Waals surface area (Å²) in [6.45, 7) is 0. The van der Waals surface area contributed by atoms with Gasteiger partial charge < -0.3 is 0 Å². The van der Waals surface area contributed by atoms with Gasteiger partial charge in [0.05, 0.1) is 38.4 Å². The minimum Gasteiger partial charge on any atom is -0.193 e. The SMILES string of the molecule is N#CC1=C(C#N)C(c2cc(C(F)(F)F)cc(C(F)(F)F)c2)=c2cc(Cl)c(Cl)cc2=CC1. The van der Waals surface area contributed by atoms with Crippen LogP contribution in [0, 0.1) is 22.7 Å². The fourth-order valence-electron chi connectivity index (χ4n) is 3.17. The second-order valence-corrected chi connectivity index (χ2v) is 7.32. The zero-order chi connectivity index (χ0) is 23.1. The first-order valence-corrected chi connectivity index (χ1v) is 9.15. The summed E-state index contributed by atoms with van der Waals surface area (Å²) in [6.07, 6.45) is -8.73. The Bertz CT molecular complexity index is 1290. The molecule has 0 amide bonds. The second kappa shape index (κ2) is 7.96. The van der Waals surface area contributed by atoms with Crippen molar-refractivity contribution in [3.05, 3.63) is 78.7 Å². The van der Waals surface area contributed by atoms with Crippen molar-refractivity contribution >= 4 is 34.9 Å². The molecule has 0 fully saturated rings. The third-order valence-corrected chi connectivity index (χ3v) is 5.28. The number of allylic oxidation sites excluding steroid dienone is 2. The monoisotopic (exact) mass is 472 g/mol. The molecular weight excluding hydrogens is 465 g/mol. The maximum absolute atomic E-state index is 13.4. The maximum Gasteiger partial charge on any atom is 0.416 e. The van der Waals surface area contributed by atoms with E-state index in [9.17, 15) is 36.9 Å². The number of nitriles is 2. The molecule has 0 radical (unpaired) electrons. The molecule has 0 unspecified atom stereocenters. The van der Waals surface area contributed by atoms with Crippen molar-refractivity contribution in [1.29, 1.82) is 10.5 Å². The highest BCUT2D eigenvalue weighted by Gasteiger charge is 2.37. The van der Waals surface area contributed by atoms with E-state index in [0.29, 0.717) is 17.4 Å². The van der Waals surface area contributed by atoms with Crippen molar-refractivity contribution in [2.24, 2.45) is 0 Å². The highest BCUT2D eigenvalue weighted by atomic mass is 35.5. The van der Waals surface area contributed by atoms with Gasteiger partial charge in [0.15, 0.2) is 0 Å². The van der Waals surface area contributed by atoms with E-state index in [1.54, 1.807) is 12.1 Å². The molecule has 158 valence electrons. The zero-order valence-corrected chi connectivity index (χ0v) is 16.6. The zero-order valence-electron chi connectivity index (χ0n) is 15.1. The van der Waals surface area contributed by atoms with Crippen LogP contribution in [-0.2, 0) is 12.4 Å². The summed E-state index contributed by atoms with van der Waals surface area (Å²) < 4.78 is 80.2. The molecule has 0 aromatic heterocycles. The van der Waals surface area contributed by atoms with Crippen molar-refractivity contribution < 1.29 is 26.3 Å². The molecule has 0 N–H and O–H groups in total. The van der Waals surface area contributed by atoms with E-state index in [-0.39, 0.29) is 44.5 Å². The van der Waals surface area contributed by atoms with E-state index < -0.39 is 29.0 Å². The van der Waals surface area contributed by atoms with Crippen LogP contribution in [0.15, 0.2) is 41.5 Å². The molecule has 0 saturated heterocycles. The molecule has 0 heterocycles. The summed E-state index contributed by atoms with van der Waals surface area (Å²) in [4.78, 5) is 0. The van der Waals surface area contributed by atoms with Crippen LogP contribution >= 0.6 is 23.2 Å². The van der Waals surface area contributed by atoms with Gasteiger partial charge in [0.2, 0.25) is 0 Å².